The minimum atomic E-state index is -0.347. The molecular formula is C18H22O5. The summed E-state index contributed by atoms with van der Waals surface area (Å²) < 4.78 is 16.6. The lowest BCUT2D eigenvalue weighted by atomic mass is 9.64. The van der Waals surface area contributed by atoms with E-state index < -0.39 is 0 Å². The third kappa shape index (κ3) is 2.43. The van der Waals surface area contributed by atoms with Crippen molar-refractivity contribution in [3.63, 3.8) is 0 Å². The van der Waals surface area contributed by atoms with Gasteiger partial charge in [-0.1, -0.05) is 19.9 Å². The Hall–Kier alpha value is -1.88. The Morgan fingerprint density at radius 2 is 2.22 bits per heavy atom. The van der Waals surface area contributed by atoms with Crippen LogP contribution in [0.25, 0.3) is 0 Å². The van der Waals surface area contributed by atoms with Crippen molar-refractivity contribution in [3.8, 4) is 0 Å². The fraction of sp³-hybridized carbons (Fsp3) is 0.556. The van der Waals surface area contributed by atoms with Gasteiger partial charge in [0, 0.05) is 36.5 Å². The molecule has 5 nitrogen and oxygen atoms in total. The van der Waals surface area contributed by atoms with E-state index in [1.54, 1.807) is 21.0 Å². The number of ether oxygens (including phenoxy) is 3. The zero-order chi connectivity index (χ0) is 16.8. The summed E-state index contributed by atoms with van der Waals surface area (Å²) in [6.07, 6.45) is 5.01. The van der Waals surface area contributed by atoms with E-state index in [9.17, 15) is 9.59 Å². The molecule has 0 saturated carbocycles. The molecule has 0 radical (unpaired) electrons. The highest BCUT2D eigenvalue weighted by molar-refractivity contribution is 5.94. The molecule has 0 fully saturated rings. The molecule has 0 aromatic rings. The van der Waals surface area contributed by atoms with Gasteiger partial charge >= 0.3 is 11.9 Å². The van der Waals surface area contributed by atoms with E-state index >= 15 is 0 Å². The summed E-state index contributed by atoms with van der Waals surface area (Å²) in [4.78, 5) is 23.5. The monoisotopic (exact) mass is 318 g/mol. The first kappa shape index (κ1) is 16.0. The van der Waals surface area contributed by atoms with Crippen molar-refractivity contribution >= 4 is 11.9 Å². The molecule has 23 heavy (non-hydrogen) atoms. The second kappa shape index (κ2) is 5.64. The first-order chi connectivity index (χ1) is 10.9. The minimum absolute atomic E-state index is 0.223. The van der Waals surface area contributed by atoms with E-state index in [0.717, 1.165) is 11.1 Å². The van der Waals surface area contributed by atoms with E-state index in [0.29, 0.717) is 30.6 Å². The van der Waals surface area contributed by atoms with Crippen LogP contribution in [0.4, 0.5) is 0 Å². The van der Waals surface area contributed by atoms with Gasteiger partial charge in [0.1, 0.15) is 18.0 Å². The highest BCUT2D eigenvalue weighted by atomic mass is 16.6. The number of allylic oxidation sites excluding steroid dienone is 2. The van der Waals surface area contributed by atoms with Crippen molar-refractivity contribution in [3.05, 3.63) is 34.6 Å². The lowest BCUT2D eigenvalue weighted by Crippen LogP contribution is -2.49. The zero-order valence-corrected chi connectivity index (χ0v) is 14.0. The second-order valence-electron chi connectivity index (χ2n) is 6.53. The van der Waals surface area contributed by atoms with Crippen LogP contribution in [0.5, 0.6) is 0 Å². The summed E-state index contributed by atoms with van der Waals surface area (Å²) in [5, 5.41) is 0. The van der Waals surface area contributed by atoms with Crippen LogP contribution in [0.15, 0.2) is 34.6 Å². The molecule has 5 heteroatoms. The first-order valence-electron chi connectivity index (χ1n) is 7.97. The third-order valence-corrected chi connectivity index (χ3v) is 5.11. The molecule has 3 aliphatic rings. The zero-order valence-electron chi connectivity index (χ0n) is 14.0. The molecule has 0 saturated heterocycles. The fourth-order valence-corrected chi connectivity index (χ4v) is 3.77. The largest absolute Gasteiger partial charge is 0.459 e. The van der Waals surface area contributed by atoms with Crippen LogP contribution in [0, 0.1) is 5.41 Å². The number of methoxy groups -OCH3 is 1. The van der Waals surface area contributed by atoms with Crippen molar-refractivity contribution < 1.29 is 23.8 Å². The molecule has 1 aliphatic heterocycles. The Labute approximate surface area is 136 Å². The lowest BCUT2D eigenvalue weighted by Gasteiger charge is -2.46. The van der Waals surface area contributed by atoms with Crippen molar-refractivity contribution in [2.24, 2.45) is 5.41 Å². The van der Waals surface area contributed by atoms with Gasteiger partial charge in [0.05, 0.1) is 0 Å². The van der Waals surface area contributed by atoms with Gasteiger partial charge in [-0.3, -0.25) is 4.79 Å². The van der Waals surface area contributed by atoms with Crippen molar-refractivity contribution in [2.75, 3.05) is 7.11 Å². The maximum atomic E-state index is 11.8. The SMILES string of the molecule is CCC(=O)O[C@H]1CC=C2C=C3OC(=O)C(C)=C3C[C@]2(C)[C@H]1OC. The van der Waals surface area contributed by atoms with Gasteiger partial charge in [0.15, 0.2) is 0 Å². The van der Waals surface area contributed by atoms with Crippen LogP contribution >= 0.6 is 0 Å². The molecular weight excluding hydrogens is 296 g/mol. The average Bonchev–Trinajstić information content (AvgIpc) is 2.79. The summed E-state index contributed by atoms with van der Waals surface area (Å²) in [6.45, 7) is 5.66. The summed E-state index contributed by atoms with van der Waals surface area (Å²) in [5.41, 5.74) is 2.31. The molecule has 0 amide bonds. The van der Waals surface area contributed by atoms with Gasteiger partial charge in [-0.2, -0.15) is 0 Å². The van der Waals surface area contributed by atoms with E-state index in [1.165, 1.54) is 0 Å². The highest BCUT2D eigenvalue weighted by Gasteiger charge is 2.50. The molecule has 0 unspecified atom stereocenters. The average molecular weight is 318 g/mol. The Morgan fingerprint density at radius 3 is 2.87 bits per heavy atom. The lowest BCUT2D eigenvalue weighted by molar-refractivity contribution is -0.162. The molecule has 2 aliphatic carbocycles. The topological polar surface area (TPSA) is 61.8 Å². The molecule has 3 rings (SSSR count). The van der Waals surface area contributed by atoms with Crippen LogP contribution in [0.2, 0.25) is 0 Å². The normalized spacial score (nSPS) is 32.6. The van der Waals surface area contributed by atoms with Crippen LogP contribution < -0.4 is 0 Å². The van der Waals surface area contributed by atoms with E-state index in [-0.39, 0.29) is 29.6 Å². The minimum Gasteiger partial charge on any atom is -0.459 e. The second-order valence-corrected chi connectivity index (χ2v) is 6.53. The van der Waals surface area contributed by atoms with Gasteiger partial charge in [-0.25, -0.2) is 4.79 Å². The molecule has 0 spiro atoms. The first-order valence-corrected chi connectivity index (χ1v) is 7.97. The highest BCUT2D eigenvalue weighted by Crippen LogP contribution is 2.52. The quantitative estimate of drug-likeness (QED) is 0.749. The Kier molecular flexibility index (Phi) is 3.92. The molecule has 0 bridgehead atoms. The van der Waals surface area contributed by atoms with Gasteiger partial charge in [-0.15, -0.1) is 0 Å². The van der Waals surface area contributed by atoms with Crippen LogP contribution in [-0.4, -0.2) is 31.3 Å². The number of carbonyl (C=O) groups is 2. The number of hydrogen-bond donors (Lipinski definition) is 0. The Bertz CT molecular complexity index is 654. The van der Waals surface area contributed by atoms with Gasteiger partial charge in [0.2, 0.25) is 0 Å². The van der Waals surface area contributed by atoms with E-state index in [1.807, 2.05) is 6.08 Å². The number of carbonyl (C=O) groups excluding carboxylic acids is 2. The number of fused-ring (bicyclic) bond motifs is 2. The third-order valence-electron chi connectivity index (χ3n) is 5.11. The summed E-state index contributed by atoms with van der Waals surface area (Å²) in [6, 6.07) is 0. The maximum absolute atomic E-state index is 11.8. The predicted octanol–water partition coefficient (Wildman–Crippen LogP) is 2.82. The summed E-state index contributed by atoms with van der Waals surface area (Å²) in [7, 11) is 1.64. The standard InChI is InChI=1S/C18H22O5/c1-5-15(19)22-13-7-6-11-8-14-12(10(2)17(20)23-14)9-18(11,3)16(13)21-4/h6,8,13,16H,5,7,9H2,1-4H3/t13-,16-,18-/m0/s1. The smallest absolute Gasteiger partial charge is 0.339 e. The molecule has 3 atom stereocenters. The maximum Gasteiger partial charge on any atom is 0.339 e. The number of rotatable bonds is 3. The van der Waals surface area contributed by atoms with Gasteiger partial charge in [-0.05, 0) is 25.0 Å². The van der Waals surface area contributed by atoms with E-state index in [2.05, 4.69) is 13.0 Å². The van der Waals surface area contributed by atoms with Crippen LogP contribution in [0.1, 0.15) is 40.0 Å². The Balaban J connectivity index is 1.99. The predicted molar refractivity (Wildman–Crippen MR) is 83.3 cm³/mol. The molecule has 0 aromatic carbocycles. The van der Waals surface area contributed by atoms with Crippen LogP contribution in [-0.2, 0) is 23.8 Å². The molecule has 0 aromatic heterocycles. The Morgan fingerprint density at radius 1 is 1.48 bits per heavy atom. The number of esters is 2. The fourth-order valence-electron chi connectivity index (χ4n) is 3.77. The van der Waals surface area contributed by atoms with Crippen molar-refractivity contribution in [1.82, 2.24) is 0 Å². The number of hydrogen-bond acceptors (Lipinski definition) is 5. The van der Waals surface area contributed by atoms with Crippen molar-refractivity contribution in [1.29, 1.82) is 0 Å². The van der Waals surface area contributed by atoms with Crippen molar-refractivity contribution in [2.45, 2.75) is 52.2 Å². The molecule has 1 heterocycles. The molecule has 124 valence electrons. The van der Waals surface area contributed by atoms with Crippen LogP contribution in [0.3, 0.4) is 0 Å². The van der Waals surface area contributed by atoms with E-state index in [4.69, 9.17) is 14.2 Å². The summed E-state index contributed by atoms with van der Waals surface area (Å²) in [5.74, 6) is 0.145. The van der Waals surface area contributed by atoms with Gasteiger partial charge in [0.25, 0.3) is 0 Å². The van der Waals surface area contributed by atoms with Gasteiger partial charge < -0.3 is 14.2 Å². The molecule has 0 N–H and O–H groups in total. The summed E-state index contributed by atoms with van der Waals surface area (Å²) >= 11 is 0.